The highest BCUT2D eigenvalue weighted by Gasteiger charge is 2.16. The van der Waals surface area contributed by atoms with Gasteiger partial charge in [-0.2, -0.15) is 0 Å². The van der Waals surface area contributed by atoms with Gasteiger partial charge in [0.05, 0.1) is 0 Å². The first-order chi connectivity index (χ1) is 44.2. The Labute approximate surface area is 537 Å². The smallest absolute Gasteiger partial charge is 0.00135 e. The summed E-state index contributed by atoms with van der Waals surface area (Å²) in [6.07, 6.45) is 42.9. The minimum atomic E-state index is 1.10. The van der Waals surface area contributed by atoms with Crippen molar-refractivity contribution in [3.63, 3.8) is 0 Å². The molecule has 0 nitrogen and oxygen atoms in total. The molecule has 7 aliphatic carbocycles. The van der Waals surface area contributed by atoms with Gasteiger partial charge in [-0.05, 0) is 158 Å². The standard InChI is InChI=1S/C14H10.C13H10.C10H12.C10H8.C9H10.C9H8.C7H14.C6H12.C6H6.C5H10/c1-2-6-12-10-14-8-4-3-7-13(14)9-11(12)5-1;1-3-7-12-10(5-1)9-11-6-2-4-8-13(11)12;2*1-2-6-10-8-4-3-7-9(10)5-1;2*1-2-5-9-7-3-6-8(9)4-1;1-2-4-6-7-5-3-1;2*1-2-4-6-5-3-1;1-2-4-5-3-1/h1-10H;1-8H,9H2;1-2,5-6H,3-4,7-8H2;1-8H;1-2,4-5H,3,6-7H2;1-6H,7H2;1-7H2;1-6H2;1-6H;1-5H2. The van der Waals surface area contributed by atoms with Crippen molar-refractivity contribution in [3.8, 4) is 11.1 Å². The van der Waals surface area contributed by atoms with E-state index in [1.807, 2.05) is 36.4 Å². The van der Waals surface area contributed by atoms with Gasteiger partial charge < -0.3 is 0 Å². The number of fused-ring (bicyclic) bond motifs is 9. The van der Waals surface area contributed by atoms with Gasteiger partial charge in [0.2, 0.25) is 0 Å². The van der Waals surface area contributed by atoms with Crippen LogP contribution in [0.5, 0.6) is 0 Å². The van der Waals surface area contributed by atoms with E-state index in [1.165, 1.54) is 226 Å². The second-order valence-corrected chi connectivity index (χ2v) is 24.8. The average molecular weight is 1170 g/mol. The van der Waals surface area contributed by atoms with Gasteiger partial charge >= 0.3 is 0 Å². The zero-order valence-corrected chi connectivity index (χ0v) is 53.6. The fourth-order valence-corrected chi connectivity index (χ4v) is 13.0. The molecule has 11 aromatic carbocycles. The Morgan fingerprint density at radius 1 is 0.180 bits per heavy atom. The predicted octanol–water partition coefficient (Wildman–Crippen LogP) is 25.8. The molecule has 0 heteroatoms. The second-order valence-electron chi connectivity index (χ2n) is 24.8. The molecule has 18 rings (SSSR count). The maximum Gasteiger partial charge on any atom is -0.00135 e. The van der Waals surface area contributed by atoms with E-state index in [-0.39, 0.29) is 0 Å². The van der Waals surface area contributed by atoms with Crippen molar-refractivity contribution in [2.75, 3.05) is 0 Å². The summed E-state index contributed by atoms with van der Waals surface area (Å²) in [5.74, 6) is 0. The van der Waals surface area contributed by atoms with Gasteiger partial charge in [-0.3, -0.25) is 0 Å². The highest BCUT2D eigenvalue weighted by Crippen LogP contribution is 2.36. The molecule has 11 aromatic rings. The quantitative estimate of drug-likeness (QED) is 0.105. The third-order valence-electron chi connectivity index (χ3n) is 18.1. The summed E-state index contributed by atoms with van der Waals surface area (Å²) in [6, 6.07) is 93.5. The lowest BCUT2D eigenvalue weighted by Gasteiger charge is -2.13. The third kappa shape index (κ3) is 22.8. The maximum absolute atomic E-state index is 2.26. The molecule has 0 bridgehead atoms. The summed E-state index contributed by atoms with van der Waals surface area (Å²) in [5.41, 5.74) is 14.9. The first kappa shape index (κ1) is 65.4. The lowest BCUT2D eigenvalue weighted by Crippen LogP contribution is -2.00. The fraction of sp³-hybridized carbons (Fsp3) is 0.303. The van der Waals surface area contributed by atoms with Crippen molar-refractivity contribution < 1.29 is 0 Å². The van der Waals surface area contributed by atoms with Crippen molar-refractivity contribution >= 4 is 38.4 Å². The molecule has 0 unspecified atom stereocenters. The van der Waals surface area contributed by atoms with Gasteiger partial charge in [-0.1, -0.05) is 383 Å². The molecule has 456 valence electrons. The SMILES string of the molecule is C1=Cc2ccccc2C1.C1CCCC1.C1CCCCC1.C1CCCCCC1.c1ccc2c(c1)CCC2.c1ccc2c(c1)CCCC2.c1ccc2c(c1)Cc1ccccc1-2.c1ccc2cc3ccccc3cc2c1.c1ccc2ccccc2c1.c1ccccc1. The van der Waals surface area contributed by atoms with E-state index in [4.69, 9.17) is 0 Å². The summed E-state index contributed by atoms with van der Waals surface area (Å²) in [7, 11) is 0. The first-order valence-corrected chi connectivity index (χ1v) is 34.6. The number of allylic oxidation sites excluding steroid dienone is 1. The number of rotatable bonds is 0. The molecule has 0 aliphatic heterocycles. The van der Waals surface area contributed by atoms with E-state index >= 15 is 0 Å². The Morgan fingerprint density at radius 2 is 0.427 bits per heavy atom. The van der Waals surface area contributed by atoms with Crippen molar-refractivity contribution in [1.82, 2.24) is 0 Å². The van der Waals surface area contributed by atoms with Gasteiger partial charge in [-0.25, -0.2) is 0 Å². The molecule has 0 saturated heterocycles. The fourth-order valence-electron chi connectivity index (χ4n) is 13.0. The summed E-state index contributed by atoms with van der Waals surface area (Å²) >= 11 is 0. The summed E-state index contributed by atoms with van der Waals surface area (Å²) in [4.78, 5) is 0. The van der Waals surface area contributed by atoms with Crippen molar-refractivity contribution in [1.29, 1.82) is 0 Å². The molecule has 0 spiro atoms. The predicted molar refractivity (Wildman–Crippen MR) is 390 cm³/mol. The van der Waals surface area contributed by atoms with Crippen molar-refractivity contribution in [2.24, 2.45) is 0 Å². The zero-order chi connectivity index (χ0) is 60.9. The highest BCUT2D eigenvalue weighted by atomic mass is 14.2. The Bertz CT molecular complexity index is 3400. The topological polar surface area (TPSA) is 0 Å². The Hall–Kier alpha value is -8.06. The van der Waals surface area contributed by atoms with Gasteiger partial charge in [0.15, 0.2) is 0 Å². The zero-order valence-electron chi connectivity index (χ0n) is 53.6. The van der Waals surface area contributed by atoms with E-state index in [1.54, 1.807) is 22.3 Å². The highest BCUT2D eigenvalue weighted by molar-refractivity contribution is 5.98. The van der Waals surface area contributed by atoms with Gasteiger partial charge in [0.25, 0.3) is 0 Å². The van der Waals surface area contributed by atoms with Crippen LogP contribution in [-0.2, 0) is 38.5 Å². The van der Waals surface area contributed by atoms with Crippen LogP contribution in [0.2, 0.25) is 0 Å². The van der Waals surface area contributed by atoms with Crippen LogP contribution < -0.4 is 0 Å². The van der Waals surface area contributed by atoms with Crippen molar-refractivity contribution in [3.05, 3.63) is 318 Å². The van der Waals surface area contributed by atoms with Gasteiger partial charge in [0.1, 0.15) is 0 Å². The summed E-state index contributed by atoms with van der Waals surface area (Å²) in [6.45, 7) is 0. The van der Waals surface area contributed by atoms with Crippen LogP contribution >= 0.6 is 0 Å². The largest absolute Gasteiger partial charge is 0.0795 e. The van der Waals surface area contributed by atoms with Crippen LogP contribution in [0.1, 0.15) is 179 Å². The van der Waals surface area contributed by atoms with Crippen LogP contribution in [0.4, 0.5) is 0 Å². The van der Waals surface area contributed by atoms with Crippen LogP contribution in [0, 0.1) is 0 Å². The maximum atomic E-state index is 2.26. The van der Waals surface area contributed by atoms with E-state index in [0.29, 0.717) is 0 Å². The Kier molecular flexibility index (Phi) is 28.7. The minimum absolute atomic E-state index is 1.10. The Morgan fingerprint density at radius 3 is 0.742 bits per heavy atom. The lowest BCUT2D eigenvalue weighted by atomic mass is 9.92. The van der Waals surface area contributed by atoms with Gasteiger partial charge in [0, 0.05) is 0 Å². The van der Waals surface area contributed by atoms with E-state index < -0.39 is 0 Å². The van der Waals surface area contributed by atoms with Crippen LogP contribution in [0.15, 0.2) is 273 Å². The number of aryl methyl sites for hydroxylation is 4. The van der Waals surface area contributed by atoms with Crippen LogP contribution in [-0.4, -0.2) is 0 Å². The van der Waals surface area contributed by atoms with Crippen LogP contribution in [0.25, 0.3) is 49.5 Å². The van der Waals surface area contributed by atoms with Crippen molar-refractivity contribution in [2.45, 2.75) is 173 Å². The minimum Gasteiger partial charge on any atom is -0.0795 e. The molecule has 3 fully saturated rings. The summed E-state index contributed by atoms with van der Waals surface area (Å²) in [5, 5.41) is 7.87. The van der Waals surface area contributed by atoms with Crippen LogP contribution in [0.3, 0.4) is 0 Å². The molecule has 0 N–H and O–H groups in total. The molecular weight excluding hydrogens is 1070 g/mol. The lowest BCUT2D eigenvalue weighted by molar-refractivity contribution is 0.504. The molecule has 0 heterocycles. The second kappa shape index (κ2) is 39.1. The number of benzene rings is 11. The third-order valence-corrected chi connectivity index (χ3v) is 18.1. The number of hydrogen-bond donors (Lipinski definition) is 0. The Balaban J connectivity index is 0.000000119. The van der Waals surface area contributed by atoms with E-state index in [2.05, 4.69) is 243 Å². The average Bonchev–Trinajstić information content (AvgIpc) is 3.51. The molecule has 0 atom stereocenters. The molecule has 0 amide bonds. The molecule has 0 aromatic heterocycles. The monoisotopic (exact) mass is 1170 g/mol. The molecule has 3 saturated carbocycles. The molecular formula is C89H100. The van der Waals surface area contributed by atoms with Gasteiger partial charge in [-0.15, -0.1) is 0 Å². The number of hydrogen-bond acceptors (Lipinski definition) is 0. The first-order valence-electron chi connectivity index (χ1n) is 34.6. The van der Waals surface area contributed by atoms with E-state index in [9.17, 15) is 0 Å². The normalized spacial score (nSPS) is 14.8. The molecule has 89 heavy (non-hydrogen) atoms. The van der Waals surface area contributed by atoms with E-state index in [0.717, 1.165) is 12.8 Å². The molecule has 0 radical (unpaired) electrons. The molecule has 7 aliphatic rings. The summed E-state index contributed by atoms with van der Waals surface area (Å²) < 4.78 is 0.